The van der Waals surface area contributed by atoms with Crippen LogP contribution in [0, 0.1) is 11.6 Å². The third-order valence-electron chi connectivity index (χ3n) is 1.56. The van der Waals surface area contributed by atoms with E-state index in [1.54, 1.807) is 0 Å². The van der Waals surface area contributed by atoms with E-state index < -0.39 is 36.2 Å². The Balaban J connectivity index is 2.63. The normalized spacial score (nSPS) is 11.1. The highest BCUT2D eigenvalue weighted by molar-refractivity contribution is 5.84. The minimum Gasteiger partial charge on any atom is -0.440 e. The van der Waals surface area contributed by atoms with Crippen molar-refractivity contribution in [3.8, 4) is 0 Å². The summed E-state index contributed by atoms with van der Waals surface area (Å²) in [4.78, 5) is 10.8. The van der Waals surface area contributed by atoms with Gasteiger partial charge in [-0.3, -0.25) is 5.32 Å². The van der Waals surface area contributed by atoms with Crippen molar-refractivity contribution >= 4 is 11.8 Å². The number of carbonyl (C=O) groups is 1. The van der Waals surface area contributed by atoms with E-state index in [2.05, 4.69) is 4.74 Å². The number of amides is 1. The van der Waals surface area contributed by atoms with Gasteiger partial charge in [-0.05, 0) is 12.1 Å². The SMILES string of the molecule is O=C(Nc1c(F)cccc1F)OCC(F)(F)F. The molecule has 0 aromatic heterocycles. The molecule has 0 fully saturated rings. The Kier molecular flexibility index (Phi) is 3.87. The fourth-order valence-electron chi connectivity index (χ4n) is 0.903. The molecular formula is C9H6F5NO2. The highest BCUT2D eigenvalue weighted by Crippen LogP contribution is 2.19. The zero-order valence-corrected chi connectivity index (χ0v) is 8.15. The predicted molar refractivity (Wildman–Crippen MR) is 47.4 cm³/mol. The third kappa shape index (κ3) is 4.25. The minimum atomic E-state index is -4.70. The van der Waals surface area contributed by atoms with Gasteiger partial charge in [0.25, 0.3) is 0 Å². The topological polar surface area (TPSA) is 38.3 Å². The summed E-state index contributed by atoms with van der Waals surface area (Å²) < 4.78 is 64.6. The first-order chi connectivity index (χ1) is 7.79. The number of nitrogens with one attached hydrogen (secondary N) is 1. The molecule has 1 rings (SSSR count). The fraction of sp³-hybridized carbons (Fsp3) is 0.222. The molecule has 1 aromatic carbocycles. The Labute approximate surface area is 92.2 Å². The molecular weight excluding hydrogens is 249 g/mol. The van der Waals surface area contributed by atoms with E-state index in [9.17, 15) is 26.7 Å². The van der Waals surface area contributed by atoms with Crippen molar-refractivity contribution in [2.24, 2.45) is 0 Å². The second kappa shape index (κ2) is 4.98. The fourth-order valence-corrected chi connectivity index (χ4v) is 0.903. The molecule has 0 saturated carbocycles. The first-order valence-corrected chi connectivity index (χ1v) is 4.24. The van der Waals surface area contributed by atoms with Gasteiger partial charge in [-0.1, -0.05) is 6.07 Å². The molecule has 8 heteroatoms. The van der Waals surface area contributed by atoms with Gasteiger partial charge in [0, 0.05) is 0 Å². The van der Waals surface area contributed by atoms with E-state index >= 15 is 0 Å². The molecule has 1 aromatic rings. The van der Waals surface area contributed by atoms with E-state index in [1.165, 1.54) is 5.32 Å². The van der Waals surface area contributed by atoms with Crippen LogP contribution in [0.5, 0.6) is 0 Å². The van der Waals surface area contributed by atoms with Crippen molar-refractivity contribution in [3.63, 3.8) is 0 Å². The number of anilines is 1. The molecule has 0 spiro atoms. The number of para-hydroxylation sites is 1. The van der Waals surface area contributed by atoms with Gasteiger partial charge in [0.15, 0.2) is 6.61 Å². The van der Waals surface area contributed by atoms with Gasteiger partial charge >= 0.3 is 12.3 Å². The van der Waals surface area contributed by atoms with Crippen molar-refractivity contribution in [1.29, 1.82) is 0 Å². The van der Waals surface area contributed by atoms with Crippen LogP contribution in [0.2, 0.25) is 0 Å². The molecule has 0 saturated heterocycles. The number of carbonyl (C=O) groups excluding carboxylic acids is 1. The molecule has 1 N–H and O–H groups in total. The Morgan fingerprint density at radius 3 is 2.24 bits per heavy atom. The molecule has 0 atom stereocenters. The zero-order chi connectivity index (χ0) is 13.1. The molecule has 0 aliphatic carbocycles. The maximum Gasteiger partial charge on any atom is 0.422 e. The van der Waals surface area contributed by atoms with E-state index in [-0.39, 0.29) is 0 Å². The number of hydrogen-bond donors (Lipinski definition) is 1. The van der Waals surface area contributed by atoms with E-state index in [1.807, 2.05) is 0 Å². The molecule has 0 unspecified atom stereocenters. The second-order valence-electron chi connectivity index (χ2n) is 2.91. The summed E-state index contributed by atoms with van der Waals surface area (Å²) in [5.74, 6) is -2.23. The Morgan fingerprint density at radius 1 is 1.24 bits per heavy atom. The van der Waals surface area contributed by atoms with Crippen LogP contribution in [-0.2, 0) is 4.74 Å². The summed E-state index contributed by atoms with van der Waals surface area (Å²) in [7, 11) is 0. The summed E-state index contributed by atoms with van der Waals surface area (Å²) >= 11 is 0. The summed E-state index contributed by atoms with van der Waals surface area (Å²) in [5, 5.41) is 1.54. The summed E-state index contributed by atoms with van der Waals surface area (Å²) in [6.07, 6.45) is -6.29. The maximum absolute atomic E-state index is 13.0. The third-order valence-corrected chi connectivity index (χ3v) is 1.56. The quantitative estimate of drug-likeness (QED) is 0.825. The largest absolute Gasteiger partial charge is 0.440 e. The first-order valence-electron chi connectivity index (χ1n) is 4.24. The van der Waals surface area contributed by atoms with Crippen LogP contribution in [0.3, 0.4) is 0 Å². The van der Waals surface area contributed by atoms with Gasteiger partial charge in [-0.15, -0.1) is 0 Å². The van der Waals surface area contributed by atoms with Gasteiger partial charge in [0.2, 0.25) is 0 Å². The van der Waals surface area contributed by atoms with Gasteiger partial charge in [0.05, 0.1) is 0 Å². The van der Waals surface area contributed by atoms with Gasteiger partial charge < -0.3 is 4.74 Å². The molecule has 94 valence electrons. The molecule has 0 aliphatic rings. The lowest BCUT2D eigenvalue weighted by atomic mass is 10.3. The van der Waals surface area contributed by atoms with Crippen LogP contribution >= 0.6 is 0 Å². The lowest BCUT2D eigenvalue weighted by Gasteiger charge is -2.09. The van der Waals surface area contributed by atoms with Gasteiger partial charge in [0.1, 0.15) is 17.3 Å². The summed E-state index contributed by atoms with van der Waals surface area (Å²) in [6.45, 7) is -1.84. The number of halogens is 5. The van der Waals surface area contributed by atoms with Crippen LogP contribution in [-0.4, -0.2) is 18.9 Å². The Morgan fingerprint density at radius 2 is 1.76 bits per heavy atom. The van der Waals surface area contributed by atoms with Crippen molar-refractivity contribution in [2.75, 3.05) is 11.9 Å². The van der Waals surface area contributed by atoms with E-state index in [4.69, 9.17) is 0 Å². The second-order valence-corrected chi connectivity index (χ2v) is 2.91. The van der Waals surface area contributed by atoms with Crippen molar-refractivity contribution < 1.29 is 31.5 Å². The van der Waals surface area contributed by atoms with Gasteiger partial charge in [-0.2, -0.15) is 13.2 Å². The van der Waals surface area contributed by atoms with Crippen molar-refractivity contribution in [2.45, 2.75) is 6.18 Å². The van der Waals surface area contributed by atoms with Crippen LogP contribution < -0.4 is 5.32 Å². The van der Waals surface area contributed by atoms with Crippen molar-refractivity contribution in [1.82, 2.24) is 0 Å². The molecule has 0 aliphatic heterocycles. The Bertz CT molecular complexity index is 398. The average Bonchev–Trinajstić information content (AvgIpc) is 2.20. The first kappa shape index (κ1) is 13.2. The monoisotopic (exact) mass is 255 g/mol. The molecule has 17 heavy (non-hydrogen) atoms. The zero-order valence-electron chi connectivity index (χ0n) is 8.15. The smallest absolute Gasteiger partial charge is 0.422 e. The van der Waals surface area contributed by atoms with E-state index in [0.717, 1.165) is 18.2 Å². The summed E-state index contributed by atoms with van der Waals surface area (Å²) in [6, 6.07) is 2.71. The molecule has 0 heterocycles. The average molecular weight is 255 g/mol. The van der Waals surface area contributed by atoms with Crippen LogP contribution in [0.15, 0.2) is 18.2 Å². The van der Waals surface area contributed by atoms with Crippen LogP contribution in [0.25, 0.3) is 0 Å². The summed E-state index contributed by atoms with van der Waals surface area (Å²) in [5.41, 5.74) is -0.861. The number of rotatable bonds is 2. The Hall–Kier alpha value is -1.86. The number of benzene rings is 1. The van der Waals surface area contributed by atoms with Crippen molar-refractivity contribution in [3.05, 3.63) is 29.8 Å². The molecule has 0 bridgehead atoms. The lowest BCUT2D eigenvalue weighted by Crippen LogP contribution is -2.24. The number of hydrogen-bond acceptors (Lipinski definition) is 2. The van der Waals surface area contributed by atoms with E-state index in [0.29, 0.717) is 0 Å². The minimum absolute atomic E-state index is 0.836. The molecule has 1 amide bonds. The van der Waals surface area contributed by atoms with Crippen LogP contribution in [0.1, 0.15) is 0 Å². The lowest BCUT2D eigenvalue weighted by molar-refractivity contribution is -0.159. The van der Waals surface area contributed by atoms with Crippen LogP contribution in [0.4, 0.5) is 32.4 Å². The number of ether oxygens (including phenoxy) is 1. The molecule has 0 radical (unpaired) electrons. The standard InChI is InChI=1S/C9H6F5NO2/c10-5-2-1-3-6(11)7(5)15-8(16)17-4-9(12,13)14/h1-3H,4H2,(H,15,16). The predicted octanol–water partition coefficient (Wildman–Crippen LogP) is 3.08. The highest BCUT2D eigenvalue weighted by atomic mass is 19.4. The number of alkyl halides is 3. The highest BCUT2D eigenvalue weighted by Gasteiger charge is 2.29. The van der Waals surface area contributed by atoms with Gasteiger partial charge in [-0.25, -0.2) is 13.6 Å². The molecule has 3 nitrogen and oxygen atoms in total. The maximum atomic E-state index is 13.0.